The van der Waals surface area contributed by atoms with Crippen molar-refractivity contribution in [3.05, 3.63) is 538 Å². The average molecular weight is 1880 g/mol. The molecule has 0 amide bonds. The lowest BCUT2D eigenvalue weighted by Gasteiger charge is -2.26. The summed E-state index contributed by atoms with van der Waals surface area (Å²) in [5.74, 6) is 0. The summed E-state index contributed by atoms with van der Waals surface area (Å²) in [7, 11) is 0. The van der Waals surface area contributed by atoms with Crippen LogP contribution in [0.5, 0.6) is 0 Å². The van der Waals surface area contributed by atoms with E-state index in [1.165, 1.54) is 76.8 Å². The molecule has 0 aliphatic carbocycles. The van der Waals surface area contributed by atoms with Gasteiger partial charge < -0.3 is 39.4 Å². The number of benzene rings is 23. The van der Waals surface area contributed by atoms with E-state index in [0.717, 1.165) is 166 Å². The number of rotatable bonds is 18. The van der Waals surface area contributed by atoms with Crippen LogP contribution in [0.15, 0.2) is 552 Å². The van der Waals surface area contributed by atoms with Crippen molar-refractivity contribution >= 4 is 177 Å². The number of furan rings is 3. The minimum atomic E-state index is 0.915. The van der Waals surface area contributed by atoms with Crippen LogP contribution in [-0.2, 0) is 0 Å². The quantitative estimate of drug-likeness (QED) is 0.0676. The van der Waals surface area contributed by atoms with Gasteiger partial charge in [0.1, 0.15) is 33.5 Å². The Kier molecular flexibility index (Phi) is 24.4. The zero-order chi connectivity index (χ0) is 94.2. The van der Waals surface area contributed by atoms with Crippen molar-refractivity contribution in [2.24, 2.45) is 0 Å². The number of hydrogen-bond acceptors (Lipinski definition) is 8. The van der Waals surface area contributed by atoms with Gasteiger partial charge in [-0.1, -0.05) is 404 Å². The van der Waals surface area contributed by atoms with Crippen LogP contribution in [0, 0.1) is 0 Å². The van der Waals surface area contributed by atoms with E-state index in [1.807, 2.05) is 36.4 Å². The smallest absolute Gasteiger partial charge is 0.143 e. The molecule has 0 aliphatic rings. The lowest BCUT2D eigenvalue weighted by molar-refractivity contribution is 0.669. The fraction of sp³-hybridized carbons (Fsp3) is 0. The summed E-state index contributed by atoms with van der Waals surface area (Å²) >= 11 is 3.53. The van der Waals surface area contributed by atoms with Crippen molar-refractivity contribution in [2.75, 3.05) is 26.2 Å². The third kappa shape index (κ3) is 18.7. The third-order valence-corrected chi connectivity index (χ3v) is 26.7. The molecular weight excluding hydrogens is 1780 g/mol. The highest BCUT2D eigenvalue weighted by Crippen LogP contribution is 2.44. The van der Waals surface area contributed by atoms with Gasteiger partial charge in [-0.25, -0.2) is 0 Å². The van der Waals surface area contributed by atoms with E-state index in [1.54, 1.807) is 0 Å². The zero-order valence-corrected chi connectivity index (χ0v) is 78.4. The fourth-order valence-electron chi connectivity index (χ4n) is 19.0. The molecule has 0 bridgehead atoms. The number of nitrogens with one attached hydrogen (secondary N) is 4. The van der Waals surface area contributed by atoms with Crippen LogP contribution < -0.4 is 26.2 Å². The summed E-state index contributed by atoms with van der Waals surface area (Å²) < 4.78 is 19.7. The lowest BCUT2D eigenvalue weighted by Crippen LogP contribution is -2.09. The SMILES string of the molecule is Brc1ccc(-c2ccc(N(c3ccc(-c4ccccc4)cc3)c3ccc(-c4ccccc4)cc3)cc2)cc1.c1ccc2c(Nc3ccc(-c4ccc(Nc5cccc6ccccc56)cc4)cc3)cccc2c1.c1ccc2c(Nc3ccc(-c4cccc5c4oc4ccccc45)cc3)cccc2c1.c1ccc2c(c1)oc1c(-c3ccc(Nc4ccc(-c5cccc6c5oc5ccccc56)cc4)cc3)cccc12. The van der Waals surface area contributed by atoms with Crippen molar-refractivity contribution in [1.82, 2.24) is 0 Å². The van der Waals surface area contributed by atoms with Crippen molar-refractivity contribution in [3.63, 3.8) is 0 Å². The van der Waals surface area contributed by atoms with E-state index < -0.39 is 0 Å². The molecule has 9 heteroatoms. The molecular formula is C132H92BrN5O3. The number of nitrogens with zero attached hydrogens (tertiary/aromatic N) is 1. The molecule has 8 nitrogen and oxygen atoms in total. The summed E-state index contributed by atoms with van der Waals surface area (Å²) in [5, 5.41) is 28.5. The van der Waals surface area contributed by atoms with Gasteiger partial charge in [-0.2, -0.15) is 0 Å². The second kappa shape index (κ2) is 39.6. The van der Waals surface area contributed by atoms with Gasteiger partial charge in [-0.05, 0) is 223 Å². The standard InChI is InChI=1S/C36H26BrN.C36H23NO2.C32H24N2.C28H19NO/c37-33-19-11-29(12-20-33)32-17-25-36(26-18-32)38(34-21-13-30(14-22-34)27-7-3-1-4-8-27)35-23-15-31(16-24-35)28-9-5-2-6-10-28;1-3-13-33-29(7-1)31-11-5-9-27(35(31)38-33)23-15-19-25(20-16-23)37-26-21-17-24(18-22-26)28-10-6-12-32-30-8-2-4-14-34(30)39-36(28)32;1-3-11-29-25(7-1)9-5-13-31(29)33-27-19-15-23(16-20-27)24-17-21-28(22-18-24)34-32-14-6-10-26-8-2-4-12-30(26)32;1-2-9-22-19(7-1)8-5-13-26(22)29-21-17-15-20(16-18-21)23-11-6-12-25-24-10-3-4-14-27(24)30-28(23)25/h1-26H;1-22,37H;1-22,33-34H;1-18,29H. The van der Waals surface area contributed by atoms with E-state index in [2.05, 4.69) is 540 Å². The summed E-state index contributed by atoms with van der Waals surface area (Å²) in [6.45, 7) is 0. The number of fused-ring (bicyclic) bond motifs is 12. The third-order valence-electron chi connectivity index (χ3n) is 26.2. The Morgan fingerprint density at radius 3 is 0.667 bits per heavy atom. The molecule has 26 aromatic rings. The Morgan fingerprint density at radius 2 is 0.369 bits per heavy atom. The van der Waals surface area contributed by atoms with Gasteiger partial charge in [0, 0.05) is 132 Å². The summed E-state index contributed by atoms with van der Waals surface area (Å²) in [5.41, 5.74) is 33.9. The van der Waals surface area contributed by atoms with Crippen molar-refractivity contribution in [1.29, 1.82) is 0 Å². The van der Waals surface area contributed by atoms with E-state index in [0.29, 0.717) is 0 Å². The normalized spacial score (nSPS) is 11.2. The molecule has 26 rings (SSSR count). The molecule has 0 spiro atoms. The van der Waals surface area contributed by atoms with Gasteiger partial charge in [0.2, 0.25) is 0 Å². The first-order chi connectivity index (χ1) is 69.8. The molecule has 0 unspecified atom stereocenters. The van der Waals surface area contributed by atoms with Gasteiger partial charge in [-0.3, -0.25) is 0 Å². The largest absolute Gasteiger partial charge is 0.455 e. The topological polar surface area (TPSA) is 90.8 Å². The maximum Gasteiger partial charge on any atom is 0.143 e. The molecule has 3 heterocycles. The van der Waals surface area contributed by atoms with Crippen LogP contribution in [-0.4, -0.2) is 0 Å². The monoisotopic (exact) mass is 1870 g/mol. The zero-order valence-electron chi connectivity index (χ0n) is 76.9. The number of halogens is 1. The molecule has 4 N–H and O–H groups in total. The van der Waals surface area contributed by atoms with E-state index in [4.69, 9.17) is 13.3 Å². The summed E-state index contributed by atoms with van der Waals surface area (Å²) in [4.78, 5) is 2.31. The Morgan fingerprint density at radius 1 is 0.156 bits per heavy atom. The van der Waals surface area contributed by atoms with Crippen LogP contribution in [0.1, 0.15) is 0 Å². The van der Waals surface area contributed by atoms with Gasteiger partial charge in [0.05, 0.1) is 0 Å². The predicted octanol–water partition coefficient (Wildman–Crippen LogP) is 38.8. The molecule has 0 fully saturated rings. The minimum Gasteiger partial charge on any atom is -0.455 e. The molecule has 670 valence electrons. The van der Waals surface area contributed by atoms with Gasteiger partial charge in [0.15, 0.2) is 0 Å². The van der Waals surface area contributed by atoms with Gasteiger partial charge >= 0.3 is 0 Å². The van der Waals surface area contributed by atoms with Crippen LogP contribution >= 0.6 is 15.9 Å². The van der Waals surface area contributed by atoms with Crippen molar-refractivity contribution in [3.8, 4) is 77.9 Å². The molecule has 0 aliphatic heterocycles. The van der Waals surface area contributed by atoms with Crippen molar-refractivity contribution in [2.45, 2.75) is 0 Å². The van der Waals surface area contributed by atoms with Crippen LogP contribution in [0.3, 0.4) is 0 Å². The first-order valence-corrected chi connectivity index (χ1v) is 48.3. The average Bonchev–Trinajstić information content (AvgIpc) is 1.63. The Hall–Kier alpha value is -18.3. The first-order valence-electron chi connectivity index (χ1n) is 47.5. The summed E-state index contributed by atoms with van der Waals surface area (Å²) in [6.07, 6.45) is 0. The Bertz CT molecular complexity index is 8540. The van der Waals surface area contributed by atoms with E-state index in [9.17, 15) is 0 Å². The maximum atomic E-state index is 6.23. The highest BCUT2D eigenvalue weighted by Gasteiger charge is 2.20. The molecule has 0 saturated carbocycles. The lowest BCUT2D eigenvalue weighted by atomic mass is 10.0. The second-order valence-electron chi connectivity index (χ2n) is 35.0. The number of anilines is 11. The molecule has 0 saturated heterocycles. The Labute approximate surface area is 826 Å². The number of hydrogen-bond donors (Lipinski definition) is 4. The first kappa shape index (κ1) is 86.8. The van der Waals surface area contributed by atoms with Crippen molar-refractivity contribution < 1.29 is 13.3 Å². The summed E-state index contributed by atoms with van der Waals surface area (Å²) in [6, 6.07) is 187. The van der Waals surface area contributed by atoms with E-state index in [-0.39, 0.29) is 0 Å². The second-order valence-corrected chi connectivity index (χ2v) is 35.9. The van der Waals surface area contributed by atoms with Gasteiger partial charge in [-0.15, -0.1) is 0 Å². The highest BCUT2D eigenvalue weighted by molar-refractivity contribution is 9.10. The number of para-hydroxylation sites is 6. The minimum absolute atomic E-state index is 0.915. The maximum absolute atomic E-state index is 6.23. The van der Waals surface area contributed by atoms with Crippen LogP contribution in [0.25, 0.3) is 176 Å². The van der Waals surface area contributed by atoms with Gasteiger partial charge in [0.25, 0.3) is 0 Å². The molecule has 0 atom stereocenters. The van der Waals surface area contributed by atoms with Crippen LogP contribution in [0.4, 0.5) is 62.6 Å². The molecule has 141 heavy (non-hydrogen) atoms. The molecule has 23 aromatic carbocycles. The van der Waals surface area contributed by atoms with E-state index >= 15 is 0 Å². The fourth-order valence-corrected chi connectivity index (χ4v) is 19.3. The molecule has 0 radical (unpaired) electrons. The van der Waals surface area contributed by atoms with Crippen LogP contribution in [0.2, 0.25) is 0 Å². The molecule has 3 aromatic heterocycles. The highest BCUT2D eigenvalue weighted by atomic mass is 79.9. The predicted molar refractivity (Wildman–Crippen MR) is 599 cm³/mol. The Balaban J connectivity index is 0.000000105.